The average Bonchev–Trinajstić information content (AvgIpc) is 2.76. The summed E-state index contributed by atoms with van der Waals surface area (Å²) >= 11 is 0. The first-order chi connectivity index (χ1) is 14.5. The van der Waals surface area contributed by atoms with E-state index in [2.05, 4.69) is 31.9 Å². The number of anilines is 2. The summed E-state index contributed by atoms with van der Waals surface area (Å²) < 4.78 is 1.35. The topological polar surface area (TPSA) is 87.5 Å². The van der Waals surface area contributed by atoms with Crippen LogP contribution in [0.3, 0.4) is 0 Å². The van der Waals surface area contributed by atoms with Gasteiger partial charge in [-0.3, -0.25) is 14.2 Å². The van der Waals surface area contributed by atoms with Crippen LogP contribution < -0.4 is 15.4 Å². The van der Waals surface area contributed by atoms with Crippen LogP contribution >= 0.6 is 0 Å². The molecule has 2 aromatic rings. The molecule has 2 aliphatic heterocycles. The minimum absolute atomic E-state index is 0.0229. The number of rotatable bonds is 4. The molecule has 2 saturated heterocycles. The van der Waals surface area contributed by atoms with Gasteiger partial charge in [0.05, 0.1) is 6.33 Å². The molecule has 4 rings (SSSR count). The Labute approximate surface area is 176 Å². The number of piperidine rings is 1. The van der Waals surface area contributed by atoms with Gasteiger partial charge in [-0.15, -0.1) is 10.2 Å². The average molecular weight is 412 g/mol. The normalized spacial score (nSPS) is 18.0. The van der Waals surface area contributed by atoms with Crippen LogP contribution in [0.2, 0.25) is 0 Å². The zero-order chi connectivity index (χ0) is 21.1. The van der Waals surface area contributed by atoms with Crippen LogP contribution in [0, 0.1) is 12.8 Å². The molecule has 2 aliphatic rings. The zero-order valence-electron chi connectivity index (χ0n) is 17.7. The number of aryl methyl sites for hydroxylation is 1. The highest BCUT2D eigenvalue weighted by atomic mass is 16.2. The summed E-state index contributed by atoms with van der Waals surface area (Å²) in [6, 6.07) is 5.51. The van der Waals surface area contributed by atoms with Crippen LogP contribution in [0.15, 0.2) is 29.3 Å². The van der Waals surface area contributed by atoms with Crippen molar-refractivity contribution in [3.8, 4) is 0 Å². The van der Waals surface area contributed by atoms with Crippen LogP contribution in [0.1, 0.15) is 25.5 Å². The molecule has 0 aliphatic carbocycles. The maximum absolute atomic E-state index is 12.6. The first-order valence-electron chi connectivity index (χ1n) is 10.6. The lowest BCUT2D eigenvalue weighted by atomic mass is 9.99. The van der Waals surface area contributed by atoms with Crippen LogP contribution in [-0.4, -0.2) is 69.8 Å². The van der Waals surface area contributed by atoms with Gasteiger partial charge in [-0.25, -0.2) is 4.98 Å². The molecule has 9 heteroatoms. The van der Waals surface area contributed by atoms with Crippen molar-refractivity contribution in [2.24, 2.45) is 5.92 Å². The molecule has 0 radical (unpaired) electrons. The monoisotopic (exact) mass is 411 g/mol. The smallest absolute Gasteiger partial charge is 0.253 e. The Morgan fingerprint density at radius 2 is 1.60 bits per heavy atom. The van der Waals surface area contributed by atoms with Crippen LogP contribution in [0.25, 0.3) is 0 Å². The second-order valence-corrected chi connectivity index (χ2v) is 8.28. The maximum Gasteiger partial charge on any atom is 0.253 e. The van der Waals surface area contributed by atoms with Gasteiger partial charge in [0.1, 0.15) is 6.54 Å². The molecule has 0 N–H and O–H groups in total. The van der Waals surface area contributed by atoms with Crippen molar-refractivity contribution in [3.63, 3.8) is 0 Å². The van der Waals surface area contributed by atoms with Gasteiger partial charge in [0.25, 0.3) is 5.56 Å². The van der Waals surface area contributed by atoms with Crippen molar-refractivity contribution in [2.75, 3.05) is 49.1 Å². The van der Waals surface area contributed by atoms with Crippen molar-refractivity contribution in [2.45, 2.75) is 33.2 Å². The molecule has 9 nitrogen and oxygen atoms in total. The highest BCUT2D eigenvalue weighted by Crippen LogP contribution is 2.22. The fourth-order valence-electron chi connectivity index (χ4n) is 3.96. The molecule has 30 heavy (non-hydrogen) atoms. The lowest BCUT2D eigenvalue weighted by Gasteiger charge is -2.35. The predicted octanol–water partition coefficient (Wildman–Crippen LogP) is 0.927. The third-order valence-corrected chi connectivity index (χ3v) is 6.02. The molecule has 0 atom stereocenters. The third-order valence-electron chi connectivity index (χ3n) is 6.02. The fraction of sp³-hybridized carbons (Fsp3) is 0.571. The second-order valence-electron chi connectivity index (χ2n) is 8.28. The van der Waals surface area contributed by atoms with Crippen molar-refractivity contribution in [1.29, 1.82) is 0 Å². The van der Waals surface area contributed by atoms with Gasteiger partial charge in [-0.1, -0.05) is 6.92 Å². The molecular weight excluding hydrogens is 382 g/mol. The summed E-state index contributed by atoms with van der Waals surface area (Å²) in [6.07, 6.45) is 3.83. The quantitative estimate of drug-likeness (QED) is 0.739. The molecule has 160 valence electrons. The summed E-state index contributed by atoms with van der Waals surface area (Å²) in [6.45, 7) is 8.74. The van der Waals surface area contributed by atoms with E-state index in [-0.39, 0.29) is 18.0 Å². The van der Waals surface area contributed by atoms with E-state index in [1.54, 1.807) is 11.8 Å². The van der Waals surface area contributed by atoms with Crippen molar-refractivity contribution < 1.29 is 4.79 Å². The van der Waals surface area contributed by atoms with Crippen molar-refractivity contribution in [3.05, 3.63) is 40.6 Å². The van der Waals surface area contributed by atoms with Crippen LogP contribution in [0.4, 0.5) is 11.6 Å². The molecule has 1 amide bonds. The summed E-state index contributed by atoms with van der Waals surface area (Å²) in [7, 11) is 0. The van der Waals surface area contributed by atoms with Crippen LogP contribution in [-0.2, 0) is 11.3 Å². The van der Waals surface area contributed by atoms with E-state index in [0.717, 1.165) is 30.6 Å². The largest absolute Gasteiger partial charge is 0.355 e. The number of carbonyl (C=O) groups excluding carboxylic acids is 1. The Morgan fingerprint density at radius 1 is 1.00 bits per heavy atom. The highest BCUT2D eigenvalue weighted by molar-refractivity contribution is 5.76. The number of hydrogen-bond donors (Lipinski definition) is 0. The molecular formula is C21H29N7O2. The molecule has 2 fully saturated rings. The second kappa shape index (κ2) is 8.81. The molecule has 0 unspecified atom stereocenters. The molecule has 2 aromatic heterocycles. The van der Waals surface area contributed by atoms with Gasteiger partial charge in [0.2, 0.25) is 5.91 Å². The van der Waals surface area contributed by atoms with Gasteiger partial charge in [-0.05, 0) is 37.8 Å². The van der Waals surface area contributed by atoms with E-state index in [1.807, 2.05) is 12.1 Å². The van der Waals surface area contributed by atoms with E-state index >= 15 is 0 Å². The fourth-order valence-corrected chi connectivity index (χ4v) is 3.96. The summed E-state index contributed by atoms with van der Waals surface area (Å²) in [5.74, 6) is 2.50. The van der Waals surface area contributed by atoms with E-state index in [4.69, 9.17) is 0 Å². The number of nitrogens with zero attached hydrogens (tertiary/aromatic N) is 7. The first kappa shape index (κ1) is 20.3. The van der Waals surface area contributed by atoms with Gasteiger partial charge in [-0.2, -0.15) is 0 Å². The third kappa shape index (κ3) is 4.60. The summed E-state index contributed by atoms with van der Waals surface area (Å²) in [5.41, 5.74) is 0.451. The van der Waals surface area contributed by atoms with E-state index in [9.17, 15) is 9.59 Å². The number of piperazine rings is 1. The van der Waals surface area contributed by atoms with Gasteiger partial charge >= 0.3 is 0 Å². The Morgan fingerprint density at radius 3 is 2.17 bits per heavy atom. The highest BCUT2D eigenvalue weighted by Gasteiger charge is 2.23. The Bertz CT molecular complexity index is 927. The van der Waals surface area contributed by atoms with Crippen molar-refractivity contribution in [1.82, 2.24) is 24.6 Å². The molecule has 0 bridgehead atoms. The molecule has 0 aromatic carbocycles. The zero-order valence-corrected chi connectivity index (χ0v) is 17.7. The molecule has 0 spiro atoms. The minimum atomic E-state index is -0.201. The number of aromatic nitrogens is 4. The maximum atomic E-state index is 12.6. The van der Waals surface area contributed by atoms with E-state index in [1.165, 1.54) is 29.8 Å². The first-order valence-corrected chi connectivity index (χ1v) is 10.6. The molecule has 4 heterocycles. The van der Waals surface area contributed by atoms with Crippen LogP contribution in [0.5, 0.6) is 0 Å². The van der Waals surface area contributed by atoms with E-state index in [0.29, 0.717) is 31.9 Å². The predicted molar refractivity (Wildman–Crippen MR) is 115 cm³/mol. The summed E-state index contributed by atoms with van der Waals surface area (Å²) in [4.78, 5) is 34.9. The Kier molecular flexibility index (Phi) is 5.96. The number of hydrogen-bond acceptors (Lipinski definition) is 7. The Hall–Kier alpha value is -2.97. The lowest BCUT2D eigenvalue weighted by Crippen LogP contribution is -2.50. The van der Waals surface area contributed by atoms with Crippen molar-refractivity contribution >= 4 is 17.5 Å². The van der Waals surface area contributed by atoms with Gasteiger partial charge < -0.3 is 14.7 Å². The lowest BCUT2D eigenvalue weighted by molar-refractivity contribution is -0.132. The van der Waals surface area contributed by atoms with Gasteiger partial charge in [0, 0.05) is 51.0 Å². The SMILES string of the molecule is Cc1cc(=O)n(CC(=O)N2CCN(c3ccc(N4CCC(C)CC4)nn3)CC2)cn1. The molecule has 0 saturated carbocycles. The van der Waals surface area contributed by atoms with E-state index < -0.39 is 0 Å². The Balaban J connectivity index is 1.30. The number of carbonyl (C=O) groups is 1. The minimum Gasteiger partial charge on any atom is -0.355 e. The van der Waals surface area contributed by atoms with Gasteiger partial charge in [0.15, 0.2) is 11.6 Å². The standard InChI is InChI=1S/C21H29N7O2/c1-16-5-7-25(8-6-16)18-3-4-19(24-23-18)26-9-11-27(12-10-26)21(30)14-28-15-22-17(2)13-20(28)29/h3-4,13,15-16H,5-12,14H2,1-2H3. The number of amides is 1. The summed E-state index contributed by atoms with van der Waals surface area (Å²) in [5, 5.41) is 8.87.